The molecule has 0 fully saturated rings. The van der Waals surface area contributed by atoms with Gasteiger partial charge in [-0.1, -0.05) is 11.6 Å². The van der Waals surface area contributed by atoms with Crippen LogP contribution >= 0.6 is 38.9 Å². The summed E-state index contributed by atoms with van der Waals surface area (Å²) in [5, 5.41) is 0.306. The van der Waals surface area contributed by atoms with Gasteiger partial charge in [0.25, 0.3) is 10.0 Å². The molecule has 114 valence electrons. The molecule has 0 saturated carbocycles. The molecule has 0 amide bonds. The van der Waals surface area contributed by atoms with E-state index in [9.17, 15) is 13.2 Å². The highest BCUT2D eigenvalue weighted by molar-refractivity contribution is 9.11. The Kier molecular flexibility index (Phi) is 5.65. The van der Waals surface area contributed by atoms with E-state index in [0.717, 1.165) is 11.3 Å². The smallest absolute Gasteiger partial charge is 0.324 e. The van der Waals surface area contributed by atoms with Crippen LogP contribution in [-0.2, 0) is 19.6 Å². The third-order valence-electron chi connectivity index (χ3n) is 1.98. The number of sulfonamides is 1. The molecule has 9 heteroatoms. The van der Waals surface area contributed by atoms with Crippen LogP contribution in [0.1, 0.15) is 27.7 Å². The van der Waals surface area contributed by atoms with Crippen LogP contribution in [0.15, 0.2) is 14.1 Å². The number of carbonyl (C=O) groups is 1. The fraction of sp³-hybridized carbons (Fsp3) is 0.545. The number of halogens is 2. The number of carbonyl (C=O) groups excluding carboxylic acids is 1. The van der Waals surface area contributed by atoms with E-state index >= 15 is 0 Å². The third-order valence-corrected chi connectivity index (χ3v) is 6.47. The average Bonchev–Trinajstić information content (AvgIpc) is 2.57. The van der Waals surface area contributed by atoms with Crippen molar-refractivity contribution in [1.29, 1.82) is 0 Å². The van der Waals surface area contributed by atoms with Gasteiger partial charge in [-0.25, -0.2) is 8.42 Å². The van der Waals surface area contributed by atoms with E-state index in [2.05, 4.69) is 20.7 Å². The van der Waals surface area contributed by atoms with Gasteiger partial charge >= 0.3 is 5.97 Å². The molecule has 0 aliphatic carbocycles. The van der Waals surface area contributed by atoms with Gasteiger partial charge < -0.3 is 4.74 Å². The van der Waals surface area contributed by atoms with Crippen molar-refractivity contribution in [2.45, 2.75) is 43.5 Å². The molecule has 1 rings (SSSR count). The van der Waals surface area contributed by atoms with Gasteiger partial charge in [0.15, 0.2) is 0 Å². The zero-order chi connectivity index (χ0) is 15.7. The third kappa shape index (κ3) is 5.00. The van der Waals surface area contributed by atoms with Crippen LogP contribution in [0.2, 0.25) is 5.02 Å². The van der Waals surface area contributed by atoms with Gasteiger partial charge in [-0.3, -0.25) is 4.79 Å². The minimum Gasteiger partial charge on any atom is -0.459 e. The molecular formula is C11H15BrClNO4S2. The lowest BCUT2D eigenvalue weighted by molar-refractivity contribution is -0.156. The van der Waals surface area contributed by atoms with E-state index in [4.69, 9.17) is 16.3 Å². The molecule has 1 aromatic rings. The summed E-state index contributed by atoms with van der Waals surface area (Å²) in [7, 11) is -3.81. The minimum atomic E-state index is -3.81. The van der Waals surface area contributed by atoms with Gasteiger partial charge in [0, 0.05) is 0 Å². The molecule has 0 saturated heterocycles. The van der Waals surface area contributed by atoms with Crippen LogP contribution < -0.4 is 4.72 Å². The van der Waals surface area contributed by atoms with Crippen LogP contribution in [-0.4, -0.2) is 26.0 Å². The Morgan fingerprint density at radius 1 is 1.50 bits per heavy atom. The maximum Gasteiger partial charge on any atom is 0.324 e. The Morgan fingerprint density at radius 3 is 2.45 bits per heavy atom. The topological polar surface area (TPSA) is 72.5 Å². The molecule has 0 radical (unpaired) electrons. The van der Waals surface area contributed by atoms with Crippen molar-refractivity contribution in [3.63, 3.8) is 0 Å². The van der Waals surface area contributed by atoms with Crippen molar-refractivity contribution >= 4 is 54.9 Å². The molecular weight excluding hydrogens is 390 g/mol. The predicted molar refractivity (Wildman–Crippen MR) is 82.7 cm³/mol. The molecule has 0 spiro atoms. The zero-order valence-corrected chi connectivity index (χ0v) is 15.3. The van der Waals surface area contributed by atoms with Crippen molar-refractivity contribution in [2.75, 3.05) is 0 Å². The summed E-state index contributed by atoms with van der Waals surface area (Å²) >= 11 is 9.92. The van der Waals surface area contributed by atoms with E-state index in [1.54, 1.807) is 20.8 Å². The number of nitrogens with one attached hydrogen (secondary N) is 1. The molecule has 0 aromatic carbocycles. The highest BCUT2D eigenvalue weighted by atomic mass is 79.9. The van der Waals surface area contributed by atoms with Crippen molar-refractivity contribution in [2.24, 2.45) is 0 Å². The van der Waals surface area contributed by atoms with Crippen LogP contribution in [0.3, 0.4) is 0 Å². The Labute approximate surface area is 135 Å². The van der Waals surface area contributed by atoms with Crippen LogP contribution in [0.4, 0.5) is 0 Å². The van der Waals surface area contributed by atoms with E-state index in [1.165, 1.54) is 13.0 Å². The lowest BCUT2D eigenvalue weighted by Crippen LogP contribution is -2.41. The maximum absolute atomic E-state index is 12.1. The first-order chi connectivity index (χ1) is 8.92. The van der Waals surface area contributed by atoms with Crippen molar-refractivity contribution in [3.8, 4) is 0 Å². The number of hydrogen-bond acceptors (Lipinski definition) is 5. The first-order valence-electron chi connectivity index (χ1n) is 5.62. The van der Waals surface area contributed by atoms with Crippen LogP contribution in [0.25, 0.3) is 0 Å². The number of rotatable bonds is 4. The zero-order valence-electron chi connectivity index (χ0n) is 11.4. The van der Waals surface area contributed by atoms with Crippen molar-refractivity contribution in [3.05, 3.63) is 14.9 Å². The minimum absolute atomic E-state index is 0.0322. The SMILES string of the molecule is C[C@H](NS(=O)(=O)c1cc(Cl)c(Br)s1)C(=O)OC(C)(C)C. The molecule has 0 aliphatic rings. The van der Waals surface area contributed by atoms with Crippen molar-refractivity contribution < 1.29 is 17.9 Å². The molecule has 1 heterocycles. The standard InChI is InChI=1S/C11H15BrClNO4S2/c1-6(10(15)18-11(2,3)4)14-20(16,17)8-5-7(13)9(12)19-8/h5-6,14H,1-4H3/t6-/m0/s1. The number of hydrogen-bond donors (Lipinski definition) is 1. The number of ether oxygens (including phenoxy) is 1. The number of esters is 1. The normalized spacial score (nSPS) is 14.1. The second-order valence-corrected chi connectivity index (χ2v) is 9.78. The molecule has 0 aliphatic heterocycles. The second kappa shape index (κ2) is 6.31. The highest BCUT2D eigenvalue weighted by Crippen LogP contribution is 2.34. The first kappa shape index (κ1) is 17.9. The second-order valence-electron chi connectivity index (χ2n) is 5.06. The van der Waals surface area contributed by atoms with E-state index in [0.29, 0.717) is 8.81 Å². The summed E-state index contributed by atoms with van der Waals surface area (Å²) in [6.45, 7) is 6.56. The summed E-state index contributed by atoms with van der Waals surface area (Å²) in [6.07, 6.45) is 0. The van der Waals surface area contributed by atoms with Gasteiger partial charge in [-0.2, -0.15) is 4.72 Å². The Hall–Kier alpha value is -0.150. The summed E-state index contributed by atoms with van der Waals surface area (Å²) in [6, 6.07) is 0.333. The van der Waals surface area contributed by atoms with Gasteiger partial charge in [-0.15, -0.1) is 11.3 Å². The van der Waals surface area contributed by atoms with Gasteiger partial charge in [0.1, 0.15) is 15.9 Å². The molecule has 0 bridgehead atoms. The molecule has 1 N–H and O–H groups in total. The number of thiophene rings is 1. The summed E-state index contributed by atoms with van der Waals surface area (Å²) < 4.78 is 32.1. The summed E-state index contributed by atoms with van der Waals surface area (Å²) in [5.41, 5.74) is -0.675. The van der Waals surface area contributed by atoms with Crippen LogP contribution in [0.5, 0.6) is 0 Å². The fourth-order valence-electron chi connectivity index (χ4n) is 1.19. The fourth-order valence-corrected chi connectivity index (χ4v) is 4.80. The van der Waals surface area contributed by atoms with E-state index in [1.807, 2.05) is 0 Å². The Bertz CT molecular complexity index is 587. The molecule has 20 heavy (non-hydrogen) atoms. The monoisotopic (exact) mass is 403 g/mol. The summed E-state index contributed by atoms with van der Waals surface area (Å²) in [5.74, 6) is -0.636. The lowest BCUT2D eigenvalue weighted by Gasteiger charge is -2.22. The summed E-state index contributed by atoms with van der Waals surface area (Å²) in [4.78, 5) is 11.8. The van der Waals surface area contributed by atoms with E-state index < -0.39 is 27.6 Å². The van der Waals surface area contributed by atoms with Gasteiger partial charge in [0.05, 0.1) is 8.81 Å². The molecule has 0 unspecified atom stereocenters. The van der Waals surface area contributed by atoms with E-state index in [-0.39, 0.29) is 4.21 Å². The molecule has 5 nitrogen and oxygen atoms in total. The Morgan fingerprint density at radius 2 is 2.05 bits per heavy atom. The predicted octanol–water partition coefficient (Wildman–Crippen LogP) is 3.17. The van der Waals surface area contributed by atoms with Crippen LogP contribution in [0, 0.1) is 0 Å². The maximum atomic E-state index is 12.1. The van der Waals surface area contributed by atoms with Gasteiger partial charge in [-0.05, 0) is 49.7 Å². The molecule has 1 atom stereocenters. The first-order valence-corrected chi connectivity index (χ1v) is 9.09. The average molecular weight is 405 g/mol. The quantitative estimate of drug-likeness (QED) is 0.782. The Balaban J connectivity index is 2.83. The molecule has 1 aromatic heterocycles. The largest absolute Gasteiger partial charge is 0.459 e. The highest BCUT2D eigenvalue weighted by Gasteiger charge is 2.27. The van der Waals surface area contributed by atoms with Gasteiger partial charge in [0.2, 0.25) is 0 Å². The lowest BCUT2D eigenvalue weighted by atomic mass is 10.2. The van der Waals surface area contributed by atoms with Crippen molar-refractivity contribution in [1.82, 2.24) is 4.72 Å².